The number of methoxy groups -OCH3 is 1. The van der Waals surface area contributed by atoms with E-state index in [1.54, 1.807) is 7.11 Å². The van der Waals surface area contributed by atoms with Crippen LogP contribution < -0.4 is 15.0 Å². The monoisotopic (exact) mass is 262 g/mol. The summed E-state index contributed by atoms with van der Waals surface area (Å²) in [4.78, 5) is 2.51. The molecule has 0 aromatic heterocycles. The highest BCUT2D eigenvalue weighted by Gasteiger charge is 2.31. The maximum absolute atomic E-state index is 5.22. The fourth-order valence-electron chi connectivity index (χ4n) is 3.05. The summed E-state index contributed by atoms with van der Waals surface area (Å²) in [5, 5.41) is 3.61. The Bertz CT molecular complexity index is 390. The molecule has 0 spiro atoms. The molecule has 3 nitrogen and oxygen atoms in total. The standard InChI is InChI=1S/C16H26N2O/c1-5-17-16-10-11-18(13(3)12(16)2)14-6-8-15(19-4)9-7-14/h6-9,12-13,16-17H,5,10-11H2,1-4H3. The van der Waals surface area contributed by atoms with Crippen LogP contribution in [0.4, 0.5) is 5.69 Å². The van der Waals surface area contributed by atoms with Gasteiger partial charge in [0.1, 0.15) is 5.75 Å². The number of hydrogen-bond donors (Lipinski definition) is 1. The fourth-order valence-corrected chi connectivity index (χ4v) is 3.05. The van der Waals surface area contributed by atoms with E-state index in [1.165, 1.54) is 12.1 Å². The Morgan fingerprint density at radius 1 is 1.26 bits per heavy atom. The summed E-state index contributed by atoms with van der Waals surface area (Å²) in [6, 6.07) is 9.62. The van der Waals surface area contributed by atoms with Gasteiger partial charge in [-0.05, 0) is 50.1 Å². The zero-order valence-electron chi connectivity index (χ0n) is 12.5. The average Bonchev–Trinajstić information content (AvgIpc) is 2.45. The van der Waals surface area contributed by atoms with E-state index in [4.69, 9.17) is 4.74 Å². The maximum atomic E-state index is 5.22. The van der Waals surface area contributed by atoms with Crippen molar-refractivity contribution in [1.29, 1.82) is 0 Å². The van der Waals surface area contributed by atoms with Gasteiger partial charge in [0.05, 0.1) is 7.11 Å². The third-order valence-corrected chi connectivity index (χ3v) is 4.44. The first-order valence-electron chi connectivity index (χ1n) is 7.31. The van der Waals surface area contributed by atoms with E-state index >= 15 is 0 Å². The van der Waals surface area contributed by atoms with Gasteiger partial charge in [-0.2, -0.15) is 0 Å². The molecule has 1 N–H and O–H groups in total. The number of benzene rings is 1. The summed E-state index contributed by atoms with van der Waals surface area (Å²) in [6.45, 7) is 9.05. The van der Waals surface area contributed by atoms with E-state index in [0.29, 0.717) is 18.0 Å². The molecule has 1 fully saturated rings. The lowest BCUT2D eigenvalue weighted by Gasteiger charge is -2.44. The second-order valence-electron chi connectivity index (χ2n) is 5.44. The average molecular weight is 262 g/mol. The molecule has 106 valence electrons. The van der Waals surface area contributed by atoms with Crippen molar-refractivity contribution >= 4 is 5.69 Å². The van der Waals surface area contributed by atoms with Gasteiger partial charge in [-0.15, -0.1) is 0 Å². The van der Waals surface area contributed by atoms with E-state index < -0.39 is 0 Å². The van der Waals surface area contributed by atoms with Crippen molar-refractivity contribution in [3.8, 4) is 5.75 Å². The Balaban J connectivity index is 2.08. The van der Waals surface area contributed by atoms with Crippen molar-refractivity contribution < 1.29 is 4.74 Å². The van der Waals surface area contributed by atoms with Crippen LogP contribution in [0.5, 0.6) is 5.75 Å². The highest BCUT2D eigenvalue weighted by atomic mass is 16.5. The highest BCUT2D eigenvalue weighted by Crippen LogP contribution is 2.29. The highest BCUT2D eigenvalue weighted by molar-refractivity contribution is 5.50. The molecule has 1 saturated heterocycles. The van der Waals surface area contributed by atoms with E-state index in [1.807, 2.05) is 12.1 Å². The molecule has 3 heteroatoms. The van der Waals surface area contributed by atoms with Gasteiger partial charge in [0, 0.05) is 24.3 Å². The molecule has 1 aromatic rings. The van der Waals surface area contributed by atoms with Gasteiger partial charge < -0.3 is 15.0 Å². The predicted octanol–water partition coefficient (Wildman–Crippen LogP) is 2.91. The number of nitrogens with one attached hydrogen (secondary N) is 1. The lowest BCUT2D eigenvalue weighted by Crippen LogP contribution is -2.53. The second kappa shape index (κ2) is 6.29. The van der Waals surface area contributed by atoms with Crippen molar-refractivity contribution in [2.45, 2.75) is 39.3 Å². The number of anilines is 1. The van der Waals surface area contributed by atoms with Crippen molar-refractivity contribution in [2.75, 3.05) is 25.1 Å². The molecule has 2 rings (SSSR count). The van der Waals surface area contributed by atoms with Crippen LogP contribution in [0, 0.1) is 5.92 Å². The van der Waals surface area contributed by atoms with E-state index in [0.717, 1.165) is 18.8 Å². The van der Waals surface area contributed by atoms with Gasteiger partial charge in [0.15, 0.2) is 0 Å². The molecule has 1 aliphatic heterocycles. The van der Waals surface area contributed by atoms with Crippen molar-refractivity contribution in [3.05, 3.63) is 24.3 Å². The minimum Gasteiger partial charge on any atom is -0.497 e. The van der Waals surface area contributed by atoms with Gasteiger partial charge in [0.25, 0.3) is 0 Å². The molecule has 0 saturated carbocycles. The Morgan fingerprint density at radius 3 is 2.53 bits per heavy atom. The molecular formula is C16H26N2O. The second-order valence-corrected chi connectivity index (χ2v) is 5.44. The van der Waals surface area contributed by atoms with Gasteiger partial charge in [0.2, 0.25) is 0 Å². The summed E-state index contributed by atoms with van der Waals surface area (Å²) in [5.74, 6) is 1.59. The maximum Gasteiger partial charge on any atom is 0.119 e. The third kappa shape index (κ3) is 3.03. The normalized spacial score (nSPS) is 27.4. The van der Waals surface area contributed by atoms with Crippen LogP contribution in [0.15, 0.2) is 24.3 Å². The quantitative estimate of drug-likeness (QED) is 0.903. The zero-order chi connectivity index (χ0) is 13.8. The zero-order valence-corrected chi connectivity index (χ0v) is 12.5. The molecular weight excluding hydrogens is 236 g/mol. The summed E-state index contributed by atoms with van der Waals surface area (Å²) >= 11 is 0. The lowest BCUT2D eigenvalue weighted by molar-refractivity contribution is 0.274. The molecule has 0 bridgehead atoms. The molecule has 3 unspecified atom stereocenters. The van der Waals surface area contributed by atoms with E-state index in [2.05, 4.69) is 43.1 Å². The van der Waals surface area contributed by atoms with Crippen LogP contribution in [0.1, 0.15) is 27.2 Å². The summed E-state index contributed by atoms with van der Waals surface area (Å²) in [5.41, 5.74) is 1.30. The van der Waals surface area contributed by atoms with Crippen molar-refractivity contribution in [3.63, 3.8) is 0 Å². The Labute approximate surface area is 116 Å². The van der Waals surface area contributed by atoms with Gasteiger partial charge in [-0.3, -0.25) is 0 Å². The number of ether oxygens (including phenoxy) is 1. The smallest absolute Gasteiger partial charge is 0.119 e. The third-order valence-electron chi connectivity index (χ3n) is 4.44. The molecule has 0 radical (unpaired) electrons. The first kappa shape index (κ1) is 14.2. The topological polar surface area (TPSA) is 24.5 Å². The molecule has 0 amide bonds. The Kier molecular flexibility index (Phi) is 4.70. The van der Waals surface area contributed by atoms with Gasteiger partial charge >= 0.3 is 0 Å². The summed E-state index contributed by atoms with van der Waals surface area (Å²) in [6.07, 6.45) is 1.21. The Morgan fingerprint density at radius 2 is 1.95 bits per heavy atom. The fraction of sp³-hybridized carbons (Fsp3) is 0.625. The number of hydrogen-bond acceptors (Lipinski definition) is 3. The van der Waals surface area contributed by atoms with E-state index in [9.17, 15) is 0 Å². The minimum absolute atomic E-state index is 0.561. The van der Waals surface area contributed by atoms with Gasteiger partial charge in [-0.25, -0.2) is 0 Å². The molecule has 1 aromatic carbocycles. The predicted molar refractivity (Wildman–Crippen MR) is 81.0 cm³/mol. The van der Waals surface area contributed by atoms with E-state index in [-0.39, 0.29) is 0 Å². The SMILES string of the molecule is CCNC1CCN(c2ccc(OC)cc2)C(C)C1C. The summed E-state index contributed by atoms with van der Waals surface area (Å²) in [7, 11) is 1.71. The number of nitrogens with zero attached hydrogens (tertiary/aromatic N) is 1. The van der Waals surface area contributed by atoms with Crippen LogP contribution in [-0.2, 0) is 0 Å². The van der Waals surface area contributed by atoms with Crippen LogP contribution in [-0.4, -0.2) is 32.3 Å². The molecule has 0 aliphatic carbocycles. The van der Waals surface area contributed by atoms with Crippen LogP contribution in [0.2, 0.25) is 0 Å². The number of piperidine rings is 1. The molecule has 1 heterocycles. The van der Waals surface area contributed by atoms with Crippen LogP contribution in [0.3, 0.4) is 0 Å². The van der Waals surface area contributed by atoms with Gasteiger partial charge in [-0.1, -0.05) is 13.8 Å². The molecule has 19 heavy (non-hydrogen) atoms. The minimum atomic E-state index is 0.561. The largest absolute Gasteiger partial charge is 0.497 e. The van der Waals surface area contributed by atoms with Crippen LogP contribution in [0.25, 0.3) is 0 Å². The van der Waals surface area contributed by atoms with Crippen molar-refractivity contribution in [1.82, 2.24) is 5.32 Å². The first-order valence-corrected chi connectivity index (χ1v) is 7.31. The lowest BCUT2D eigenvalue weighted by atomic mass is 9.86. The molecule has 3 atom stereocenters. The molecule has 1 aliphatic rings. The van der Waals surface area contributed by atoms with Crippen molar-refractivity contribution in [2.24, 2.45) is 5.92 Å². The first-order chi connectivity index (χ1) is 9.17. The number of rotatable bonds is 4. The Hall–Kier alpha value is -1.22. The summed E-state index contributed by atoms with van der Waals surface area (Å²) < 4.78 is 5.22. The van der Waals surface area contributed by atoms with Crippen LogP contribution >= 0.6 is 0 Å².